The Kier molecular flexibility index (Phi) is 4.01. The largest absolute Gasteiger partial charge is 0.463 e. The lowest BCUT2D eigenvalue weighted by Gasteiger charge is -2.10. The van der Waals surface area contributed by atoms with Gasteiger partial charge >= 0.3 is 0 Å². The summed E-state index contributed by atoms with van der Waals surface area (Å²) in [5.74, 6) is 0.370. The summed E-state index contributed by atoms with van der Waals surface area (Å²) in [4.78, 5) is 13.1. The Hall–Kier alpha value is -3.41. The lowest BCUT2D eigenvalue weighted by molar-refractivity contribution is -0.114. The zero-order valence-electron chi connectivity index (χ0n) is 14.6. The Morgan fingerprint density at radius 1 is 1.15 bits per heavy atom. The highest BCUT2D eigenvalue weighted by Gasteiger charge is 2.33. The van der Waals surface area contributed by atoms with Gasteiger partial charge in [-0.15, -0.1) is 0 Å². The zero-order valence-corrected chi connectivity index (χ0v) is 14.6. The van der Waals surface area contributed by atoms with Crippen LogP contribution >= 0.6 is 0 Å². The van der Waals surface area contributed by atoms with Crippen molar-refractivity contribution >= 4 is 23.4 Å². The predicted octanol–water partition coefficient (Wildman–Crippen LogP) is 3.64. The first kappa shape index (κ1) is 16.1. The highest BCUT2D eigenvalue weighted by atomic mass is 16.3. The number of aromatic nitrogens is 2. The second-order valence-electron chi connectivity index (χ2n) is 5.94. The molecule has 6 heteroatoms. The van der Waals surface area contributed by atoms with E-state index in [1.165, 1.54) is 5.01 Å². The van der Waals surface area contributed by atoms with Gasteiger partial charge in [-0.25, -0.2) is 0 Å². The minimum Gasteiger partial charge on any atom is -0.463 e. The Bertz CT molecular complexity index is 998. The van der Waals surface area contributed by atoms with E-state index in [0.717, 1.165) is 17.8 Å². The van der Waals surface area contributed by atoms with Crippen LogP contribution in [0.1, 0.15) is 23.9 Å². The summed E-state index contributed by atoms with van der Waals surface area (Å²) in [7, 11) is 0. The van der Waals surface area contributed by atoms with Crippen molar-refractivity contribution in [2.75, 3.05) is 5.01 Å². The van der Waals surface area contributed by atoms with Crippen molar-refractivity contribution < 1.29 is 9.21 Å². The average Bonchev–Trinajstić information content (AvgIpc) is 3.38. The van der Waals surface area contributed by atoms with Crippen LogP contribution in [0.5, 0.6) is 0 Å². The second-order valence-corrected chi connectivity index (χ2v) is 5.94. The maximum absolute atomic E-state index is 13.1. The van der Waals surface area contributed by atoms with Crippen molar-refractivity contribution in [3.8, 4) is 0 Å². The van der Waals surface area contributed by atoms with Crippen LogP contribution < -0.4 is 5.01 Å². The number of anilines is 1. The number of aryl methyl sites for hydroxylation is 1. The molecule has 0 aliphatic carbocycles. The van der Waals surface area contributed by atoms with Crippen LogP contribution in [0.3, 0.4) is 0 Å². The van der Waals surface area contributed by atoms with Crippen molar-refractivity contribution in [2.24, 2.45) is 5.10 Å². The summed E-state index contributed by atoms with van der Waals surface area (Å²) in [6.07, 6.45) is 5.18. The van der Waals surface area contributed by atoms with Crippen molar-refractivity contribution in [1.82, 2.24) is 9.78 Å². The molecule has 3 aromatic rings. The molecule has 0 atom stereocenters. The molecule has 0 bridgehead atoms. The number of furan rings is 1. The van der Waals surface area contributed by atoms with Gasteiger partial charge in [-0.1, -0.05) is 18.2 Å². The number of carbonyl (C=O) groups excluding carboxylic acids is 1. The molecule has 1 amide bonds. The molecule has 0 fully saturated rings. The van der Waals surface area contributed by atoms with Gasteiger partial charge in [-0.2, -0.15) is 15.2 Å². The molecule has 130 valence electrons. The van der Waals surface area contributed by atoms with Crippen LogP contribution in [0.15, 0.2) is 70.0 Å². The van der Waals surface area contributed by atoms with E-state index >= 15 is 0 Å². The molecule has 0 radical (unpaired) electrons. The minimum atomic E-state index is -0.189. The van der Waals surface area contributed by atoms with Gasteiger partial charge in [-0.05, 0) is 44.2 Å². The minimum absolute atomic E-state index is 0.189. The monoisotopic (exact) mass is 346 g/mol. The van der Waals surface area contributed by atoms with Gasteiger partial charge in [0.15, 0.2) is 5.76 Å². The normalized spacial score (nSPS) is 15.8. The van der Waals surface area contributed by atoms with Gasteiger partial charge in [0.1, 0.15) is 5.71 Å². The van der Waals surface area contributed by atoms with Crippen LogP contribution in [-0.2, 0) is 11.3 Å². The molecular formula is C20H18N4O2. The number of hydrogen-bond acceptors (Lipinski definition) is 4. The SMILES string of the molecule is CCn1ncc(C=C2C(=O)N(c3ccccc3)N=C2c2ccco2)c1C. The van der Waals surface area contributed by atoms with Gasteiger partial charge in [0.05, 0.1) is 23.7 Å². The van der Waals surface area contributed by atoms with E-state index in [-0.39, 0.29) is 5.91 Å². The van der Waals surface area contributed by atoms with Crippen LogP contribution in [0, 0.1) is 6.92 Å². The molecule has 0 unspecified atom stereocenters. The van der Waals surface area contributed by atoms with Gasteiger partial charge in [-0.3, -0.25) is 9.48 Å². The third kappa shape index (κ3) is 2.65. The number of carbonyl (C=O) groups is 1. The maximum Gasteiger partial charge on any atom is 0.281 e. The fourth-order valence-corrected chi connectivity index (χ4v) is 2.96. The van der Waals surface area contributed by atoms with Crippen LogP contribution in [0.4, 0.5) is 5.69 Å². The topological polar surface area (TPSA) is 63.6 Å². The van der Waals surface area contributed by atoms with Crippen molar-refractivity contribution in [2.45, 2.75) is 20.4 Å². The molecule has 6 nitrogen and oxygen atoms in total. The summed E-state index contributed by atoms with van der Waals surface area (Å²) in [6.45, 7) is 4.80. The Labute approximate surface area is 151 Å². The number of benzene rings is 1. The van der Waals surface area contributed by atoms with E-state index in [9.17, 15) is 4.79 Å². The summed E-state index contributed by atoms with van der Waals surface area (Å²) >= 11 is 0. The first-order chi connectivity index (χ1) is 12.7. The molecule has 1 aliphatic heterocycles. The molecule has 4 rings (SSSR count). The average molecular weight is 346 g/mol. The maximum atomic E-state index is 13.1. The number of amides is 1. The smallest absolute Gasteiger partial charge is 0.281 e. The molecule has 26 heavy (non-hydrogen) atoms. The highest BCUT2D eigenvalue weighted by molar-refractivity contribution is 6.36. The lowest BCUT2D eigenvalue weighted by atomic mass is 10.1. The summed E-state index contributed by atoms with van der Waals surface area (Å²) < 4.78 is 7.40. The first-order valence-electron chi connectivity index (χ1n) is 8.45. The summed E-state index contributed by atoms with van der Waals surface area (Å²) in [6, 6.07) is 12.9. The van der Waals surface area contributed by atoms with Crippen LogP contribution in [0.25, 0.3) is 6.08 Å². The quantitative estimate of drug-likeness (QED) is 0.678. The van der Waals surface area contributed by atoms with Gasteiger partial charge in [0.25, 0.3) is 5.91 Å². The van der Waals surface area contributed by atoms with E-state index < -0.39 is 0 Å². The van der Waals surface area contributed by atoms with E-state index in [2.05, 4.69) is 10.2 Å². The third-order valence-electron chi connectivity index (χ3n) is 4.37. The van der Waals surface area contributed by atoms with Crippen LogP contribution in [0.2, 0.25) is 0 Å². The third-order valence-corrected chi connectivity index (χ3v) is 4.37. The van der Waals surface area contributed by atoms with Crippen molar-refractivity contribution in [1.29, 1.82) is 0 Å². The molecule has 1 aliphatic rings. The zero-order chi connectivity index (χ0) is 18.1. The fraction of sp³-hybridized carbons (Fsp3) is 0.150. The Morgan fingerprint density at radius 3 is 2.62 bits per heavy atom. The lowest BCUT2D eigenvalue weighted by Crippen LogP contribution is -2.21. The van der Waals surface area contributed by atoms with Crippen molar-refractivity contribution in [3.63, 3.8) is 0 Å². The molecule has 0 spiro atoms. The number of para-hydroxylation sites is 1. The molecule has 0 saturated heterocycles. The molecule has 3 heterocycles. The molecule has 0 N–H and O–H groups in total. The Balaban J connectivity index is 1.82. The number of hydrogen-bond donors (Lipinski definition) is 0. The summed E-state index contributed by atoms with van der Waals surface area (Å²) in [5.41, 5.74) is 3.62. The number of rotatable bonds is 4. The van der Waals surface area contributed by atoms with Crippen LogP contribution in [-0.4, -0.2) is 21.4 Å². The van der Waals surface area contributed by atoms with Gasteiger partial charge in [0, 0.05) is 17.8 Å². The van der Waals surface area contributed by atoms with Gasteiger partial charge in [0.2, 0.25) is 0 Å². The van der Waals surface area contributed by atoms with E-state index in [0.29, 0.717) is 22.7 Å². The van der Waals surface area contributed by atoms with Gasteiger partial charge < -0.3 is 4.42 Å². The van der Waals surface area contributed by atoms with E-state index in [4.69, 9.17) is 4.42 Å². The Morgan fingerprint density at radius 2 is 1.96 bits per heavy atom. The molecule has 2 aromatic heterocycles. The standard InChI is InChI=1S/C20H18N4O2/c1-3-23-14(2)15(13-21-23)12-17-19(18-10-7-11-26-18)22-24(20(17)25)16-8-5-4-6-9-16/h4-13H,3H2,1-2H3. The number of nitrogens with zero attached hydrogens (tertiary/aromatic N) is 4. The first-order valence-corrected chi connectivity index (χ1v) is 8.45. The number of hydrazone groups is 1. The fourth-order valence-electron chi connectivity index (χ4n) is 2.96. The molecule has 1 aromatic carbocycles. The highest BCUT2D eigenvalue weighted by Crippen LogP contribution is 2.28. The second kappa shape index (κ2) is 6.48. The van der Waals surface area contributed by atoms with E-state index in [1.54, 1.807) is 24.6 Å². The van der Waals surface area contributed by atoms with E-state index in [1.807, 2.05) is 54.9 Å². The molecule has 0 saturated carbocycles. The van der Waals surface area contributed by atoms with Crippen molar-refractivity contribution in [3.05, 3.63) is 77.5 Å². The molecular weight excluding hydrogens is 328 g/mol. The summed E-state index contributed by atoms with van der Waals surface area (Å²) in [5, 5.41) is 10.3. The predicted molar refractivity (Wildman–Crippen MR) is 99.8 cm³/mol.